The topological polar surface area (TPSA) is 46.3 Å². The van der Waals surface area contributed by atoms with Gasteiger partial charge in [-0.05, 0) is 38.2 Å². The van der Waals surface area contributed by atoms with E-state index in [0.717, 1.165) is 18.7 Å². The molecule has 0 saturated heterocycles. The van der Waals surface area contributed by atoms with E-state index in [1.165, 1.54) is 0 Å². The molecule has 0 aromatic heterocycles. The third-order valence-corrected chi connectivity index (χ3v) is 3.06. The monoisotopic (exact) mass is 246 g/mol. The van der Waals surface area contributed by atoms with Gasteiger partial charge in [-0.1, -0.05) is 13.8 Å². The quantitative estimate of drug-likeness (QED) is 0.747. The molecule has 0 unspecified atom stereocenters. The third kappa shape index (κ3) is 5.75. The van der Waals surface area contributed by atoms with Gasteiger partial charge in [-0.3, -0.25) is 4.79 Å². The van der Waals surface area contributed by atoms with Gasteiger partial charge >= 0.3 is 0 Å². The maximum absolute atomic E-state index is 12.1. The normalized spacial score (nSPS) is 13.2. The summed E-state index contributed by atoms with van der Waals surface area (Å²) in [5.74, 6) is 1.53. The molecule has 4 heteroatoms. The Morgan fingerprint density at radius 3 is 2.25 bits per heavy atom. The summed E-state index contributed by atoms with van der Waals surface area (Å²) in [7, 11) is 0. The molecule has 0 rings (SSSR count). The Bertz CT molecular complexity index is 207. The second kappa shape index (κ2) is 7.96. The molecule has 0 aliphatic heterocycles. The summed E-state index contributed by atoms with van der Waals surface area (Å²) >= 11 is 1.73. The Hall–Kier alpha value is -0.220. The molecule has 2 N–H and O–H groups in total. The van der Waals surface area contributed by atoms with Gasteiger partial charge in [0.05, 0.1) is 6.04 Å². The highest BCUT2D eigenvalue weighted by molar-refractivity contribution is 7.98. The molecule has 0 heterocycles. The van der Waals surface area contributed by atoms with Gasteiger partial charge in [0.2, 0.25) is 5.91 Å². The average molecular weight is 246 g/mol. The summed E-state index contributed by atoms with van der Waals surface area (Å²) in [4.78, 5) is 14.0. The zero-order valence-electron chi connectivity index (χ0n) is 11.2. The van der Waals surface area contributed by atoms with Gasteiger partial charge in [0.1, 0.15) is 0 Å². The van der Waals surface area contributed by atoms with E-state index in [9.17, 15) is 4.79 Å². The summed E-state index contributed by atoms with van der Waals surface area (Å²) in [6, 6.07) is -0.108. The van der Waals surface area contributed by atoms with Gasteiger partial charge in [0.25, 0.3) is 0 Å². The molecule has 0 radical (unpaired) electrons. The first-order valence-electron chi connectivity index (χ1n) is 5.95. The van der Waals surface area contributed by atoms with Crippen molar-refractivity contribution in [1.82, 2.24) is 4.90 Å². The van der Waals surface area contributed by atoms with Gasteiger partial charge in [-0.25, -0.2) is 0 Å². The minimum atomic E-state index is -0.339. The zero-order chi connectivity index (χ0) is 12.7. The molecule has 0 fully saturated rings. The number of hydrogen-bond acceptors (Lipinski definition) is 3. The summed E-state index contributed by atoms with van der Waals surface area (Å²) in [5, 5.41) is 0. The maximum atomic E-state index is 12.1. The van der Waals surface area contributed by atoms with Crippen LogP contribution in [0, 0.1) is 5.92 Å². The molecule has 0 saturated carbocycles. The number of nitrogens with zero attached hydrogens (tertiary/aromatic N) is 1. The smallest absolute Gasteiger partial charge is 0.239 e. The van der Waals surface area contributed by atoms with Gasteiger partial charge in [-0.2, -0.15) is 11.8 Å². The van der Waals surface area contributed by atoms with Crippen molar-refractivity contribution >= 4 is 17.7 Å². The minimum absolute atomic E-state index is 0.0951. The lowest BCUT2D eigenvalue weighted by molar-refractivity contribution is -0.134. The van der Waals surface area contributed by atoms with E-state index in [1.54, 1.807) is 11.8 Å². The Morgan fingerprint density at radius 1 is 1.31 bits per heavy atom. The first-order valence-corrected chi connectivity index (χ1v) is 7.34. The van der Waals surface area contributed by atoms with E-state index in [-0.39, 0.29) is 18.0 Å². The van der Waals surface area contributed by atoms with E-state index in [1.807, 2.05) is 25.0 Å². The second-order valence-electron chi connectivity index (χ2n) is 4.87. The highest BCUT2D eigenvalue weighted by Gasteiger charge is 2.23. The molecular weight excluding hydrogens is 220 g/mol. The van der Waals surface area contributed by atoms with E-state index >= 15 is 0 Å². The predicted octanol–water partition coefficient (Wildman–Crippen LogP) is 1.96. The molecule has 0 bridgehead atoms. The van der Waals surface area contributed by atoms with Crippen molar-refractivity contribution in [2.24, 2.45) is 11.7 Å². The number of thioether (sulfide) groups is 1. The van der Waals surface area contributed by atoms with Crippen molar-refractivity contribution in [2.45, 2.75) is 46.2 Å². The number of carbonyl (C=O) groups excluding carboxylic acids is 1. The van der Waals surface area contributed by atoms with Crippen LogP contribution in [0.15, 0.2) is 0 Å². The van der Waals surface area contributed by atoms with Crippen LogP contribution >= 0.6 is 11.8 Å². The Morgan fingerprint density at radius 2 is 1.88 bits per heavy atom. The number of rotatable bonds is 7. The standard InChI is InChI=1S/C12H26N2OS/c1-9(2)8-14(10(3)4)12(15)11(13)6-7-16-5/h9-11H,6-8,13H2,1-5H3/t11-/m0/s1. The van der Waals surface area contributed by atoms with Crippen molar-refractivity contribution in [2.75, 3.05) is 18.6 Å². The number of nitrogens with two attached hydrogens (primary N) is 1. The lowest BCUT2D eigenvalue weighted by Crippen LogP contribution is -2.48. The summed E-state index contributed by atoms with van der Waals surface area (Å²) < 4.78 is 0. The number of carbonyl (C=O) groups is 1. The predicted molar refractivity (Wildman–Crippen MR) is 72.7 cm³/mol. The molecule has 96 valence electrons. The van der Waals surface area contributed by atoms with Crippen LogP contribution in [0.25, 0.3) is 0 Å². The first-order chi connectivity index (χ1) is 7.40. The van der Waals surface area contributed by atoms with Crippen LogP contribution in [-0.2, 0) is 4.79 Å². The van der Waals surface area contributed by atoms with Crippen LogP contribution in [0.1, 0.15) is 34.1 Å². The van der Waals surface area contributed by atoms with Crippen molar-refractivity contribution in [3.05, 3.63) is 0 Å². The molecule has 3 nitrogen and oxygen atoms in total. The lowest BCUT2D eigenvalue weighted by atomic mass is 10.1. The summed E-state index contributed by atoms with van der Waals surface area (Å²) in [6.07, 6.45) is 2.80. The summed E-state index contributed by atoms with van der Waals surface area (Å²) in [5.41, 5.74) is 5.91. The molecule has 1 atom stereocenters. The second-order valence-corrected chi connectivity index (χ2v) is 5.85. The lowest BCUT2D eigenvalue weighted by Gasteiger charge is -2.30. The number of hydrogen-bond donors (Lipinski definition) is 1. The largest absolute Gasteiger partial charge is 0.339 e. The maximum Gasteiger partial charge on any atom is 0.239 e. The minimum Gasteiger partial charge on any atom is -0.339 e. The van der Waals surface area contributed by atoms with Crippen molar-refractivity contribution in [1.29, 1.82) is 0 Å². The molecule has 16 heavy (non-hydrogen) atoms. The van der Waals surface area contributed by atoms with E-state index in [4.69, 9.17) is 5.73 Å². The van der Waals surface area contributed by atoms with Crippen molar-refractivity contribution in [3.63, 3.8) is 0 Å². The van der Waals surface area contributed by atoms with Crippen LogP contribution < -0.4 is 5.73 Å². The number of amides is 1. The summed E-state index contributed by atoms with van der Waals surface area (Å²) in [6.45, 7) is 9.12. The molecule has 0 spiro atoms. The fourth-order valence-electron chi connectivity index (χ4n) is 1.53. The molecule has 0 aromatic carbocycles. The fourth-order valence-corrected chi connectivity index (χ4v) is 2.02. The van der Waals surface area contributed by atoms with Gasteiger partial charge in [-0.15, -0.1) is 0 Å². The average Bonchev–Trinajstić information content (AvgIpc) is 2.20. The Labute approximate surface area is 104 Å². The highest BCUT2D eigenvalue weighted by Crippen LogP contribution is 2.09. The van der Waals surface area contributed by atoms with E-state index in [2.05, 4.69) is 13.8 Å². The van der Waals surface area contributed by atoms with Gasteiger partial charge in [0.15, 0.2) is 0 Å². The van der Waals surface area contributed by atoms with Crippen LogP contribution in [-0.4, -0.2) is 41.4 Å². The van der Waals surface area contributed by atoms with Crippen LogP contribution in [0.2, 0.25) is 0 Å². The molecule has 0 aliphatic rings. The SMILES string of the molecule is CSCC[C@H](N)C(=O)N(CC(C)C)C(C)C. The van der Waals surface area contributed by atoms with Crippen molar-refractivity contribution < 1.29 is 4.79 Å². The van der Waals surface area contributed by atoms with Crippen molar-refractivity contribution in [3.8, 4) is 0 Å². The van der Waals surface area contributed by atoms with Crippen LogP contribution in [0.3, 0.4) is 0 Å². The van der Waals surface area contributed by atoms with E-state index in [0.29, 0.717) is 5.92 Å². The molecular formula is C12H26N2OS. The molecule has 1 amide bonds. The first kappa shape index (κ1) is 15.8. The molecule has 0 aliphatic carbocycles. The van der Waals surface area contributed by atoms with E-state index < -0.39 is 0 Å². The fraction of sp³-hybridized carbons (Fsp3) is 0.917. The third-order valence-electron chi connectivity index (χ3n) is 2.42. The van der Waals surface area contributed by atoms with Gasteiger partial charge < -0.3 is 10.6 Å². The van der Waals surface area contributed by atoms with Crippen LogP contribution in [0.4, 0.5) is 0 Å². The van der Waals surface area contributed by atoms with Crippen LogP contribution in [0.5, 0.6) is 0 Å². The highest BCUT2D eigenvalue weighted by atomic mass is 32.2. The van der Waals surface area contributed by atoms with Gasteiger partial charge in [0, 0.05) is 12.6 Å². The Balaban J connectivity index is 4.36. The Kier molecular flexibility index (Phi) is 7.85. The molecule has 0 aromatic rings. The zero-order valence-corrected chi connectivity index (χ0v) is 12.0.